The summed E-state index contributed by atoms with van der Waals surface area (Å²) in [7, 11) is 1.63. The SMILES string of the molecule is CNC(=O)[C@@H](Nc1nc(CN2CCN(C(=O)c3cccc(C#N)c3)CC2)nc2ccccc12)C(C)C. The number of rotatable bonds is 7. The average Bonchev–Trinajstić information content (AvgIpc) is 2.91. The number of likely N-dealkylation sites (N-methyl/N-ethyl adjacent to an activating group) is 1. The Morgan fingerprint density at radius 2 is 1.81 bits per heavy atom. The molecule has 2 N–H and O–H groups in total. The third kappa shape index (κ3) is 5.61. The molecule has 0 aliphatic carbocycles. The number of nitrogens with one attached hydrogen (secondary N) is 2. The zero-order chi connectivity index (χ0) is 25.7. The van der Waals surface area contributed by atoms with E-state index in [-0.39, 0.29) is 17.7 Å². The quantitative estimate of drug-likeness (QED) is 0.529. The number of hydrogen-bond donors (Lipinski definition) is 2. The molecule has 1 aliphatic rings. The number of nitriles is 1. The first kappa shape index (κ1) is 25.1. The summed E-state index contributed by atoms with van der Waals surface area (Å²) in [5.74, 6) is 1.23. The Hall–Kier alpha value is -4.03. The Morgan fingerprint density at radius 1 is 1.06 bits per heavy atom. The van der Waals surface area contributed by atoms with Crippen LogP contribution >= 0.6 is 0 Å². The Balaban J connectivity index is 1.47. The van der Waals surface area contributed by atoms with Crippen LogP contribution in [0, 0.1) is 17.2 Å². The third-order valence-electron chi connectivity index (χ3n) is 6.40. The molecule has 1 atom stereocenters. The van der Waals surface area contributed by atoms with E-state index in [1.807, 2.05) is 43.0 Å². The number of piperazine rings is 1. The number of carbonyl (C=O) groups excluding carboxylic acids is 2. The highest BCUT2D eigenvalue weighted by Crippen LogP contribution is 2.23. The molecule has 0 unspecified atom stereocenters. The van der Waals surface area contributed by atoms with Crippen molar-refractivity contribution in [3.05, 3.63) is 65.5 Å². The van der Waals surface area contributed by atoms with Crippen molar-refractivity contribution in [2.24, 2.45) is 5.92 Å². The van der Waals surface area contributed by atoms with E-state index < -0.39 is 6.04 Å². The van der Waals surface area contributed by atoms with Gasteiger partial charge in [-0.25, -0.2) is 9.97 Å². The second-order valence-corrected chi connectivity index (χ2v) is 9.25. The summed E-state index contributed by atoms with van der Waals surface area (Å²) in [4.78, 5) is 38.9. The molecule has 0 saturated carbocycles. The van der Waals surface area contributed by atoms with E-state index >= 15 is 0 Å². The predicted molar refractivity (Wildman–Crippen MR) is 138 cm³/mol. The number of hydrogen-bond acceptors (Lipinski definition) is 7. The summed E-state index contributed by atoms with van der Waals surface area (Å²) in [6.45, 7) is 7.08. The molecule has 0 spiro atoms. The predicted octanol–water partition coefficient (Wildman–Crippen LogP) is 2.64. The van der Waals surface area contributed by atoms with Gasteiger partial charge in [0.15, 0.2) is 0 Å². The van der Waals surface area contributed by atoms with Crippen molar-refractivity contribution in [1.82, 2.24) is 25.1 Å². The molecule has 36 heavy (non-hydrogen) atoms. The number of anilines is 1. The van der Waals surface area contributed by atoms with Crippen LogP contribution in [-0.4, -0.2) is 70.9 Å². The van der Waals surface area contributed by atoms with Gasteiger partial charge in [-0.05, 0) is 36.2 Å². The van der Waals surface area contributed by atoms with Crippen LogP contribution in [0.4, 0.5) is 5.82 Å². The number of fused-ring (bicyclic) bond motifs is 1. The van der Waals surface area contributed by atoms with Crippen molar-refractivity contribution in [1.29, 1.82) is 5.26 Å². The Morgan fingerprint density at radius 3 is 2.50 bits per heavy atom. The first-order valence-corrected chi connectivity index (χ1v) is 12.1. The number of aromatic nitrogens is 2. The van der Waals surface area contributed by atoms with E-state index in [2.05, 4.69) is 21.6 Å². The molecule has 1 saturated heterocycles. The highest BCUT2D eigenvalue weighted by Gasteiger charge is 2.25. The van der Waals surface area contributed by atoms with Gasteiger partial charge in [-0.1, -0.05) is 32.0 Å². The number of benzene rings is 2. The van der Waals surface area contributed by atoms with Gasteiger partial charge in [-0.15, -0.1) is 0 Å². The molecule has 2 aromatic carbocycles. The first-order chi connectivity index (χ1) is 17.4. The molecule has 2 amide bonds. The molecule has 186 valence electrons. The molecule has 4 rings (SSSR count). The molecule has 3 aromatic rings. The minimum absolute atomic E-state index is 0.0610. The fraction of sp³-hybridized carbons (Fsp3) is 0.370. The lowest BCUT2D eigenvalue weighted by molar-refractivity contribution is -0.122. The summed E-state index contributed by atoms with van der Waals surface area (Å²) >= 11 is 0. The lowest BCUT2D eigenvalue weighted by Crippen LogP contribution is -2.48. The van der Waals surface area contributed by atoms with E-state index in [4.69, 9.17) is 15.2 Å². The van der Waals surface area contributed by atoms with Gasteiger partial charge in [-0.2, -0.15) is 5.26 Å². The van der Waals surface area contributed by atoms with Crippen LogP contribution in [0.5, 0.6) is 0 Å². The van der Waals surface area contributed by atoms with Crippen LogP contribution < -0.4 is 10.6 Å². The van der Waals surface area contributed by atoms with Crippen molar-refractivity contribution in [2.75, 3.05) is 38.5 Å². The second-order valence-electron chi connectivity index (χ2n) is 9.25. The molecular weight excluding hydrogens is 454 g/mol. The molecular formula is C27H31N7O2. The number of nitrogens with zero attached hydrogens (tertiary/aromatic N) is 5. The maximum atomic E-state index is 12.9. The number of carbonyl (C=O) groups is 2. The van der Waals surface area contributed by atoms with Crippen LogP contribution in [0.1, 0.15) is 35.6 Å². The topological polar surface area (TPSA) is 114 Å². The normalized spacial score (nSPS) is 14.9. The first-order valence-electron chi connectivity index (χ1n) is 12.1. The van der Waals surface area contributed by atoms with E-state index in [1.165, 1.54) is 0 Å². The molecule has 1 aromatic heterocycles. The van der Waals surface area contributed by atoms with Crippen LogP contribution in [-0.2, 0) is 11.3 Å². The van der Waals surface area contributed by atoms with Gasteiger partial charge in [0, 0.05) is 44.2 Å². The standard InChI is InChI=1S/C27H31N7O2/c1-18(2)24(26(35)29-3)32-25-21-9-4-5-10-22(21)30-23(31-25)17-33-11-13-34(14-12-33)27(36)20-8-6-7-19(15-20)16-28/h4-10,15,18,24H,11-14,17H2,1-3H3,(H,29,35)(H,30,31,32)/t24-/m0/s1. The van der Waals surface area contributed by atoms with E-state index in [1.54, 1.807) is 31.3 Å². The smallest absolute Gasteiger partial charge is 0.253 e. The fourth-order valence-electron chi connectivity index (χ4n) is 4.36. The minimum Gasteiger partial charge on any atom is -0.358 e. The van der Waals surface area contributed by atoms with Crippen LogP contribution in [0.15, 0.2) is 48.5 Å². The molecule has 0 radical (unpaired) electrons. The molecule has 0 bridgehead atoms. The van der Waals surface area contributed by atoms with Crippen molar-refractivity contribution < 1.29 is 9.59 Å². The van der Waals surface area contributed by atoms with Crippen molar-refractivity contribution in [2.45, 2.75) is 26.4 Å². The molecule has 1 fully saturated rings. The summed E-state index contributed by atoms with van der Waals surface area (Å²) < 4.78 is 0. The van der Waals surface area contributed by atoms with Crippen molar-refractivity contribution in [3.8, 4) is 6.07 Å². The van der Waals surface area contributed by atoms with E-state index in [0.29, 0.717) is 55.5 Å². The lowest BCUT2D eigenvalue weighted by atomic mass is 10.0. The molecule has 9 heteroatoms. The number of para-hydroxylation sites is 1. The zero-order valence-corrected chi connectivity index (χ0v) is 20.9. The Bertz CT molecular complexity index is 1290. The van der Waals surface area contributed by atoms with Gasteiger partial charge in [0.05, 0.1) is 23.7 Å². The van der Waals surface area contributed by atoms with Gasteiger partial charge >= 0.3 is 0 Å². The van der Waals surface area contributed by atoms with Crippen LogP contribution in [0.3, 0.4) is 0 Å². The minimum atomic E-state index is -0.421. The van der Waals surface area contributed by atoms with Crippen molar-refractivity contribution in [3.63, 3.8) is 0 Å². The summed E-state index contributed by atoms with van der Waals surface area (Å²) in [5.41, 5.74) is 1.83. The largest absolute Gasteiger partial charge is 0.358 e. The lowest BCUT2D eigenvalue weighted by Gasteiger charge is -2.34. The maximum Gasteiger partial charge on any atom is 0.253 e. The van der Waals surface area contributed by atoms with Gasteiger partial charge in [-0.3, -0.25) is 14.5 Å². The van der Waals surface area contributed by atoms with Crippen LogP contribution in [0.25, 0.3) is 10.9 Å². The second kappa shape index (κ2) is 11.1. The highest BCUT2D eigenvalue weighted by atomic mass is 16.2. The van der Waals surface area contributed by atoms with Crippen molar-refractivity contribution >= 4 is 28.5 Å². The van der Waals surface area contributed by atoms with Gasteiger partial charge in [0.2, 0.25) is 5.91 Å². The van der Waals surface area contributed by atoms with E-state index in [0.717, 1.165) is 10.9 Å². The maximum absolute atomic E-state index is 12.9. The average molecular weight is 486 g/mol. The zero-order valence-electron chi connectivity index (χ0n) is 20.9. The summed E-state index contributed by atoms with van der Waals surface area (Å²) in [5, 5.41) is 16.0. The Labute approximate surface area is 211 Å². The molecule has 1 aliphatic heterocycles. The monoisotopic (exact) mass is 485 g/mol. The third-order valence-corrected chi connectivity index (χ3v) is 6.40. The Kier molecular flexibility index (Phi) is 7.76. The highest BCUT2D eigenvalue weighted by molar-refractivity contribution is 5.94. The van der Waals surface area contributed by atoms with Gasteiger partial charge in [0.1, 0.15) is 17.7 Å². The molecule has 2 heterocycles. The van der Waals surface area contributed by atoms with Crippen LogP contribution in [0.2, 0.25) is 0 Å². The van der Waals surface area contributed by atoms with Gasteiger partial charge < -0.3 is 15.5 Å². The summed E-state index contributed by atoms with van der Waals surface area (Å²) in [6.07, 6.45) is 0. The summed E-state index contributed by atoms with van der Waals surface area (Å²) in [6, 6.07) is 16.2. The van der Waals surface area contributed by atoms with Gasteiger partial charge in [0.25, 0.3) is 5.91 Å². The number of amides is 2. The molecule has 9 nitrogen and oxygen atoms in total. The fourth-order valence-corrected chi connectivity index (χ4v) is 4.36. The van der Waals surface area contributed by atoms with E-state index in [9.17, 15) is 9.59 Å².